The summed E-state index contributed by atoms with van der Waals surface area (Å²) in [7, 11) is 1.25. The van der Waals surface area contributed by atoms with Crippen molar-refractivity contribution in [2.75, 3.05) is 26.9 Å². The van der Waals surface area contributed by atoms with Crippen LogP contribution in [0, 0.1) is 5.41 Å². The van der Waals surface area contributed by atoms with E-state index in [4.69, 9.17) is 68.6 Å². The number of carbonyl (C=O) groups is 1. The standard InChI is InChI=1S/C21H36Cl3NO7/c1-5-8-11-28-14-15(29-12-9-6-2)17(30-13-10-7-3)19(31-16(14)18(26)27-4)32-20(25)21(22,23)24/h14-17,19,25H,5-13H2,1-4H3/t14-,15-,16?,17?,19?/m0/s1. The SMILES string of the molecule is CCCCOC1C(OC(=N)C(Cl)(Cl)Cl)OC(C(=O)OC)[C@@H](OCCCC)[C@@H]1OCCCC. The topological polar surface area (TPSA) is 96.3 Å². The van der Waals surface area contributed by atoms with Crippen LogP contribution in [0.1, 0.15) is 59.3 Å². The smallest absolute Gasteiger partial charge is 0.338 e. The molecule has 1 aliphatic heterocycles. The Morgan fingerprint density at radius 1 is 0.875 bits per heavy atom. The van der Waals surface area contributed by atoms with Gasteiger partial charge in [0, 0.05) is 19.8 Å². The van der Waals surface area contributed by atoms with E-state index >= 15 is 0 Å². The van der Waals surface area contributed by atoms with Crippen LogP contribution in [-0.4, -0.2) is 73.3 Å². The lowest BCUT2D eigenvalue weighted by molar-refractivity contribution is -0.300. The Balaban J connectivity index is 3.27. The van der Waals surface area contributed by atoms with E-state index < -0.39 is 46.4 Å². The van der Waals surface area contributed by atoms with Gasteiger partial charge in [-0.1, -0.05) is 74.8 Å². The van der Waals surface area contributed by atoms with Crippen molar-refractivity contribution in [3.8, 4) is 0 Å². The Morgan fingerprint density at radius 3 is 1.78 bits per heavy atom. The second kappa shape index (κ2) is 15.5. The number of nitrogens with one attached hydrogen (secondary N) is 1. The Kier molecular flexibility index (Phi) is 14.4. The number of hydrogen-bond donors (Lipinski definition) is 1. The molecule has 1 saturated heterocycles. The van der Waals surface area contributed by atoms with Gasteiger partial charge in [0.1, 0.15) is 18.3 Å². The molecule has 0 spiro atoms. The molecule has 3 unspecified atom stereocenters. The van der Waals surface area contributed by atoms with Crippen molar-refractivity contribution in [1.29, 1.82) is 5.41 Å². The maximum atomic E-state index is 12.6. The van der Waals surface area contributed by atoms with Crippen molar-refractivity contribution in [1.82, 2.24) is 0 Å². The number of methoxy groups -OCH3 is 1. The first-order valence-corrected chi connectivity index (χ1v) is 12.2. The number of unbranched alkanes of at least 4 members (excludes halogenated alkanes) is 3. The maximum absolute atomic E-state index is 12.6. The number of rotatable bonds is 14. The quantitative estimate of drug-likeness (QED) is 0.115. The van der Waals surface area contributed by atoms with Crippen LogP contribution >= 0.6 is 34.8 Å². The second-order valence-electron chi connectivity index (χ2n) is 7.46. The zero-order chi connectivity index (χ0) is 24.1. The van der Waals surface area contributed by atoms with Crippen molar-refractivity contribution in [2.24, 2.45) is 0 Å². The summed E-state index contributed by atoms with van der Waals surface area (Å²) in [6.45, 7) is 7.34. The van der Waals surface area contributed by atoms with Gasteiger partial charge in [0.2, 0.25) is 12.2 Å². The zero-order valence-electron chi connectivity index (χ0n) is 19.2. The summed E-state index contributed by atoms with van der Waals surface area (Å²) in [5.41, 5.74) is 0. The molecule has 188 valence electrons. The highest BCUT2D eigenvalue weighted by atomic mass is 35.6. The third-order valence-electron chi connectivity index (χ3n) is 4.84. The van der Waals surface area contributed by atoms with Crippen molar-refractivity contribution in [3.05, 3.63) is 0 Å². The Morgan fingerprint density at radius 2 is 1.34 bits per heavy atom. The van der Waals surface area contributed by atoms with E-state index in [0.29, 0.717) is 19.8 Å². The van der Waals surface area contributed by atoms with Gasteiger partial charge in [-0.2, -0.15) is 0 Å². The van der Waals surface area contributed by atoms with E-state index in [0.717, 1.165) is 38.5 Å². The zero-order valence-corrected chi connectivity index (χ0v) is 21.5. The first-order valence-electron chi connectivity index (χ1n) is 11.1. The minimum Gasteiger partial charge on any atom is -0.467 e. The number of ether oxygens (including phenoxy) is 6. The minimum absolute atomic E-state index is 0.393. The summed E-state index contributed by atoms with van der Waals surface area (Å²) in [5.74, 6) is -1.31. The number of alkyl halides is 3. The van der Waals surface area contributed by atoms with Crippen molar-refractivity contribution >= 4 is 46.7 Å². The Labute approximate surface area is 205 Å². The van der Waals surface area contributed by atoms with Gasteiger partial charge in [0.15, 0.2) is 6.10 Å². The van der Waals surface area contributed by atoms with E-state index in [1.165, 1.54) is 7.11 Å². The lowest BCUT2D eigenvalue weighted by atomic mass is 9.97. The molecule has 1 fully saturated rings. The summed E-state index contributed by atoms with van der Waals surface area (Å²) in [6.07, 6.45) is 0.397. The summed E-state index contributed by atoms with van der Waals surface area (Å²) >= 11 is 17.4. The molecule has 1 heterocycles. The Bertz CT molecular complexity index is 562. The molecule has 1 N–H and O–H groups in total. The van der Waals surface area contributed by atoms with Crippen LogP contribution in [0.5, 0.6) is 0 Å². The lowest BCUT2D eigenvalue weighted by Crippen LogP contribution is -2.63. The van der Waals surface area contributed by atoms with E-state index in [2.05, 4.69) is 0 Å². The molecular formula is C21H36Cl3NO7. The van der Waals surface area contributed by atoms with Gasteiger partial charge < -0.3 is 28.4 Å². The summed E-state index contributed by atoms with van der Waals surface area (Å²) in [5, 5.41) is 7.98. The summed E-state index contributed by atoms with van der Waals surface area (Å²) in [6, 6.07) is 0. The summed E-state index contributed by atoms with van der Waals surface area (Å²) < 4.78 is 32.5. The number of esters is 1. The molecule has 0 saturated carbocycles. The van der Waals surface area contributed by atoms with Gasteiger partial charge >= 0.3 is 5.97 Å². The van der Waals surface area contributed by atoms with Crippen molar-refractivity contribution in [3.63, 3.8) is 0 Å². The van der Waals surface area contributed by atoms with Crippen LogP contribution in [0.4, 0.5) is 0 Å². The predicted molar refractivity (Wildman–Crippen MR) is 124 cm³/mol. The first kappa shape index (κ1) is 29.7. The predicted octanol–water partition coefficient (Wildman–Crippen LogP) is 4.80. The number of carbonyl (C=O) groups excluding carboxylic acids is 1. The molecule has 11 heteroatoms. The van der Waals surface area contributed by atoms with Crippen molar-refractivity contribution < 1.29 is 33.2 Å². The molecule has 1 aliphatic rings. The third-order valence-corrected chi connectivity index (χ3v) is 5.36. The van der Waals surface area contributed by atoms with Crippen LogP contribution in [0.2, 0.25) is 0 Å². The molecule has 1 rings (SSSR count). The van der Waals surface area contributed by atoms with Gasteiger partial charge in [0.25, 0.3) is 3.79 Å². The molecule has 8 nitrogen and oxygen atoms in total. The fraction of sp³-hybridized carbons (Fsp3) is 0.905. The number of halogens is 3. The van der Waals surface area contributed by atoms with Gasteiger partial charge in [-0.05, 0) is 19.3 Å². The molecule has 0 aliphatic carbocycles. The van der Waals surface area contributed by atoms with E-state index in [9.17, 15) is 4.79 Å². The van der Waals surface area contributed by atoms with E-state index in [-0.39, 0.29) is 0 Å². The van der Waals surface area contributed by atoms with Gasteiger partial charge in [-0.3, -0.25) is 5.41 Å². The number of hydrogen-bond acceptors (Lipinski definition) is 8. The molecule has 0 aromatic heterocycles. The van der Waals surface area contributed by atoms with Crippen LogP contribution in [0.25, 0.3) is 0 Å². The Hall–Kier alpha value is -0.350. The molecule has 0 amide bonds. The largest absolute Gasteiger partial charge is 0.467 e. The monoisotopic (exact) mass is 519 g/mol. The van der Waals surface area contributed by atoms with Gasteiger partial charge in [0.05, 0.1) is 7.11 Å². The first-order chi connectivity index (χ1) is 15.2. The second-order valence-corrected chi connectivity index (χ2v) is 9.74. The highest BCUT2D eigenvalue weighted by Gasteiger charge is 2.53. The van der Waals surface area contributed by atoms with Crippen LogP contribution in [-0.2, 0) is 33.2 Å². The van der Waals surface area contributed by atoms with Crippen LogP contribution < -0.4 is 0 Å². The normalized spacial score (nSPS) is 26.0. The fourth-order valence-electron chi connectivity index (χ4n) is 3.03. The summed E-state index contributed by atoms with van der Waals surface area (Å²) in [4.78, 5) is 12.6. The van der Waals surface area contributed by atoms with Gasteiger partial charge in [-0.25, -0.2) is 4.79 Å². The van der Waals surface area contributed by atoms with E-state index in [1.54, 1.807) is 0 Å². The molecule has 5 atom stereocenters. The van der Waals surface area contributed by atoms with Crippen LogP contribution in [0.15, 0.2) is 0 Å². The molecule has 0 aromatic carbocycles. The maximum Gasteiger partial charge on any atom is 0.338 e. The molecule has 0 bridgehead atoms. The lowest BCUT2D eigenvalue weighted by Gasteiger charge is -2.44. The highest BCUT2D eigenvalue weighted by Crippen LogP contribution is 2.34. The molecular weight excluding hydrogens is 485 g/mol. The van der Waals surface area contributed by atoms with E-state index in [1.807, 2.05) is 20.8 Å². The van der Waals surface area contributed by atoms with Crippen LogP contribution in [0.3, 0.4) is 0 Å². The van der Waals surface area contributed by atoms with Crippen molar-refractivity contribution in [2.45, 2.75) is 93.8 Å². The molecule has 32 heavy (non-hydrogen) atoms. The fourth-order valence-corrected chi connectivity index (χ4v) is 3.17. The molecule has 0 aromatic rings. The average Bonchev–Trinajstić information content (AvgIpc) is 2.75. The van der Waals surface area contributed by atoms with Gasteiger partial charge in [-0.15, -0.1) is 0 Å². The molecule has 0 radical (unpaired) electrons. The highest BCUT2D eigenvalue weighted by molar-refractivity contribution is 6.76. The third kappa shape index (κ3) is 9.49. The minimum atomic E-state index is -2.11. The average molecular weight is 521 g/mol.